The SMILES string of the molecule is CC1CC1c1ccc(CCC(=O)N(CCCO)C(C)C)o1. The molecule has 1 aromatic rings. The molecule has 0 spiro atoms. The van der Waals surface area contributed by atoms with Crippen LogP contribution < -0.4 is 0 Å². The fraction of sp³-hybridized carbons (Fsp3) is 0.706. The fourth-order valence-corrected chi connectivity index (χ4v) is 2.73. The zero-order chi connectivity index (χ0) is 15.4. The molecule has 4 nitrogen and oxygen atoms in total. The third-order valence-corrected chi connectivity index (χ3v) is 4.24. The van der Waals surface area contributed by atoms with E-state index < -0.39 is 0 Å². The Labute approximate surface area is 127 Å². The normalized spacial score (nSPS) is 20.8. The molecule has 0 saturated heterocycles. The Morgan fingerprint density at radius 1 is 1.48 bits per heavy atom. The van der Waals surface area contributed by atoms with Crippen LogP contribution in [-0.2, 0) is 11.2 Å². The van der Waals surface area contributed by atoms with E-state index in [0.717, 1.165) is 17.4 Å². The van der Waals surface area contributed by atoms with Crippen LogP contribution in [0.5, 0.6) is 0 Å². The molecule has 0 bridgehead atoms. The third kappa shape index (κ3) is 4.34. The summed E-state index contributed by atoms with van der Waals surface area (Å²) in [6, 6.07) is 4.23. The molecule has 1 saturated carbocycles. The summed E-state index contributed by atoms with van der Waals surface area (Å²) in [5.74, 6) is 3.44. The summed E-state index contributed by atoms with van der Waals surface area (Å²) < 4.78 is 5.84. The number of aryl methyl sites for hydroxylation is 1. The fourth-order valence-electron chi connectivity index (χ4n) is 2.73. The van der Waals surface area contributed by atoms with Crippen molar-refractivity contribution in [1.29, 1.82) is 0 Å². The Bertz CT molecular complexity index is 466. The van der Waals surface area contributed by atoms with Gasteiger partial charge in [0, 0.05) is 38.0 Å². The third-order valence-electron chi connectivity index (χ3n) is 4.24. The quantitative estimate of drug-likeness (QED) is 0.801. The second-order valence-electron chi connectivity index (χ2n) is 6.38. The van der Waals surface area contributed by atoms with Gasteiger partial charge in [-0.15, -0.1) is 0 Å². The van der Waals surface area contributed by atoms with Crippen LogP contribution in [0, 0.1) is 5.92 Å². The average Bonchev–Trinajstić information content (AvgIpc) is 2.99. The maximum Gasteiger partial charge on any atom is 0.223 e. The topological polar surface area (TPSA) is 53.7 Å². The molecule has 4 heteroatoms. The highest BCUT2D eigenvalue weighted by molar-refractivity contribution is 5.76. The number of carbonyl (C=O) groups excluding carboxylic acids is 1. The van der Waals surface area contributed by atoms with Crippen molar-refractivity contribution >= 4 is 5.91 Å². The van der Waals surface area contributed by atoms with Gasteiger partial charge in [0.1, 0.15) is 11.5 Å². The summed E-state index contributed by atoms with van der Waals surface area (Å²) in [6.45, 7) is 7.00. The number of aliphatic hydroxyl groups excluding tert-OH is 1. The van der Waals surface area contributed by atoms with Crippen LogP contribution in [0.15, 0.2) is 16.5 Å². The van der Waals surface area contributed by atoms with Crippen molar-refractivity contribution in [3.8, 4) is 0 Å². The minimum atomic E-state index is 0.123. The molecule has 2 unspecified atom stereocenters. The Morgan fingerprint density at radius 3 is 2.76 bits per heavy atom. The number of nitrogens with zero attached hydrogens (tertiary/aromatic N) is 1. The van der Waals surface area contributed by atoms with Gasteiger partial charge in [-0.3, -0.25) is 4.79 Å². The first-order valence-corrected chi connectivity index (χ1v) is 8.01. The number of amides is 1. The van der Waals surface area contributed by atoms with Gasteiger partial charge in [-0.2, -0.15) is 0 Å². The molecule has 1 fully saturated rings. The number of rotatable bonds is 8. The van der Waals surface area contributed by atoms with Crippen molar-refractivity contribution in [2.24, 2.45) is 5.92 Å². The lowest BCUT2D eigenvalue weighted by Gasteiger charge is -2.26. The molecule has 2 atom stereocenters. The first-order valence-electron chi connectivity index (χ1n) is 8.01. The van der Waals surface area contributed by atoms with Crippen LogP contribution in [0.1, 0.15) is 57.5 Å². The van der Waals surface area contributed by atoms with E-state index in [1.54, 1.807) is 0 Å². The van der Waals surface area contributed by atoms with E-state index >= 15 is 0 Å². The van der Waals surface area contributed by atoms with Crippen molar-refractivity contribution in [2.45, 2.75) is 58.4 Å². The van der Waals surface area contributed by atoms with Crippen molar-refractivity contribution in [2.75, 3.05) is 13.2 Å². The van der Waals surface area contributed by atoms with E-state index in [1.807, 2.05) is 24.8 Å². The highest BCUT2D eigenvalue weighted by atomic mass is 16.3. The molecule has 1 amide bonds. The van der Waals surface area contributed by atoms with Gasteiger partial charge >= 0.3 is 0 Å². The predicted molar refractivity (Wildman–Crippen MR) is 82.1 cm³/mol. The van der Waals surface area contributed by atoms with Crippen LogP contribution in [0.3, 0.4) is 0 Å². The van der Waals surface area contributed by atoms with Crippen LogP contribution in [0.2, 0.25) is 0 Å². The van der Waals surface area contributed by atoms with Gasteiger partial charge < -0.3 is 14.4 Å². The highest BCUT2D eigenvalue weighted by Crippen LogP contribution is 2.47. The van der Waals surface area contributed by atoms with Crippen LogP contribution in [0.4, 0.5) is 0 Å². The van der Waals surface area contributed by atoms with E-state index in [0.29, 0.717) is 31.7 Å². The van der Waals surface area contributed by atoms with Gasteiger partial charge in [0.15, 0.2) is 0 Å². The van der Waals surface area contributed by atoms with Crippen molar-refractivity contribution in [3.63, 3.8) is 0 Å². The molecule has 1 aliphatic rings. The molecule has 0 radical (unpaired) electrons. The molecule has 2 rings (SSSR count). The first-order chi connectivity index (χ1) is 10.0. The van der Waals surface area contributed by atoms with Crippen molar-refractivity contribution in [3.05, 3.63) is 23.7 Å². The van der Waals surface area contributed by atoms with Gasteiger partial charge in [-0.05, 0) is 44.7 Å². The van der Waals surface area contributed by atoms with E-state index in [2.05, 4.69) is 13.0 Å². The molecule has 0 aromatic carbocycles. The molecule has 118 valence electrons. The molecule has 1 aliphatic carbocycles. The smallest absolute Gasteiger partial charge is 0.223 e. The van der Waals surface area contributed by atoms with Gasteiger partial charge in [-0.1, -0.05) is 6.92 Å². The van der Waals surface area contributed by atoms with Crippen LogP contribution in [0.25, 0.3) is 0 Å². The first kappa shape index (κ1) is 16.1. The summed E-state index contributed by atoms with van der Waals surface area (Å²) in [6.07, 6.45) is 2.97. The monoisotopic (exact) mass is 293 g/mol. The Hall–Kier alpha value is -1.29. The predicted octanol–water partition coefficient (Wildman–Crippen LogP) is 2.96. The van der Waals surface area contributed by atoms with E-state index in [9.17, 15) is 4.79 Å². The number of aliphatic hydroxyl groups is 1. The molecular formula is C17H27NO3. The molecule has 1 N–H and O–H groups in total. The Balaban J connectivity index is 1.83. The lowest BCUT2D eigenvalue weighted by Crippen LogP contribution is -2.38. The molecule has 1 aromatic heterocycles. The highest BCUT2D eigenvalue weighted by Gasteiger charge is 2.36. The second-order valence-corrected chi connectivity index (χ2v) is 6.38. The maximum absolute atomic E-state index is 12.3. The average molecular weight is 293 g/mol. The lowest BCUT2D eigenvalue weighted by atomic mass is 10.2. The number of carbonyl (C=O) groups is 1. The zero-order valence-electron chi connectivity index (χ0n) is 13.3. The summed E-state index contributed by atoms with van der Waals surface area (Å²) in [7, 11) is 0. The van der Waals surface area contributed by atoms with Crippen LogP contribution in [-0.4, -0.2) is 35.1 Å². The van der Waals surface area contributed by atoms with Crippen molar-refractivity contribution < 1.29 is 14.3 Å². The summed E-state index contributed by atoms with van der Waals surface area (Å²) in [4.78, 5) is 14.1. The van der Waals surface area contributed by atoms with Gasteiger partial charge in [0.05, 0.1) is 0 Å². The molecular weight excluding hydrogens is 266 g/mol. The summed E-state index contributed by atoms with van der Waals surface area (Å²) >= 11 is 0. The second kappa shape index (κ2) is 7.12. The van der Waals surface area contributed by atoms with Crippen molar-refractivity contribution in [1.82, 2.24) is 4.90 Å². The minimum absolute atomic E-state index is 0.123. The number of hydrogen-bond donors (Lipinski definition) is 1. The molecule has 21 heavy (non-hydrogen) atoms. The largest absolute Gasteiger partial charge is 0.466 e. The number of hydrogen-bond acceptors (Lipinski definition) is 3. The minimum Gasteiger partial charge on any atom is -0.466 e. The lowest BCUT2D eigenvalue weighted by molar-refractivity contribution is -0.133. The van der Waals surface area contributed by atoms with Crippen LogP contribution >= 0.6 is 0 Å². The zero-order valence-corrected chi connectivity index (χ0v) is 13.3. The van der Waals surface area contributed by atoms with Gasteiger partial charge in [0.25, 0.3) is 0 Å². The standard InChI is InChI=1S/C17H27NO3/c1-12(2)18(9-4-10-19)17(20)8-6-14-5-7-16(21-14)15-11-13(15)3/h5,7,12-13,15,19H,4,6,8-11H2,1-3H3. The summed E-state index contributed by atoms with van der Waals surface area (Å²) in [5.41, 5.74) is 0. The Morgan fingerprint density at radius 2 is 2.19 bits per heavy atom. The van der Waals surface area contributed by atoms with Gasteiger partial charge in [-0.25, -0.2) is 0 Å². The van der Waals surface area contributed by atoms with E-state index in [-0.39, 0.29) is 18.6 Å². The van der Waals surface area contributed by atoms with Gasteiger partial charge in [0.2, 0.25) is 5.91 Å². The van der Waals surface area contributed by atoms with E-state index in [4.69, 9.17) is 9.52 Å². The van der Waals surface area contributed by atoms with E-state index in [1.165, 1.54) is 6.42 Å². The number of furan rings is 1. The summed E-state index contributed by atoms with van der Waals surface area (Å²) in [5, 5.41) is 8.92. The molecule has 1 heterocycles. The molecule has 0 aliphatic heterocycles. The maximum atomic E-state index is 12.3. The Kier molecular flexibility index (Phi) is 5.45.